The van der Waals surface area contributed by atoms with Crippen LogP contribution in [-0.2, 0) is 9.05 Å². The molecule has 1 rings (SSSR count). The molecule has 0 saturated heterocycles. The summed E-state index contributed by atoms with van der Waals surface area (Å²) in [6, 6.07) is 0. The second kappa shape index (κ2) is 10.1. The van der Waals surface area contributed by atoms with E-state index in [1.165, 1.54) is 6.42 Å². The summed E-state index contributed by atoms with van der Waals surface area (Å²) < 4.78 is 10.6. The van der Waals surface area contributed by atoms with Gasteiger partial charge in [-0.1, -0.05) is 43.0 Å². The Morgan fingerprint density at radius 2 is 2.32 bits per heavy atom. The van der Waals surface area contributed by atoms with E-state index < -0.39 is 8.60 Å². The Morgan fingerprint density at radius 3 is 3.00 bits per heavy atom. The third-order valence-corrected chi connectivity index (χ3v) is 3.50. The second-order valence-electron chi connectivity index (χ2n) is 4.56. The number of hydrogen-bond acceptors (Lipinski definition) is 3. The molecule has 1 N–H and O–H groups in total. The number of rotatable bonds is 8. The minimum Gasteiger partial charge on any atom is -0.328 e. The zero-order valence-corrected chi connectivity index (χ0v) is 12.4. The lowest BCUT2D eigenvalue weighted by molar-refractivity contribution is 0.190. The molecule has 2 unspecified atom stereocenters. The highest BCUT2D eigenvalue weighted by Crippen LogP contribution is 2.34. The zero-order valence-electron chi connectivity index (χ0n) is 11.5. The summed E-state index contributed by atoms with van der Waals surface area (Å²) in [6.07, 6.45) is 15.2. The summed E-state index contributed by atoms with van der Waals surface area (Å²) in [6.45, 7) is 6.45. The van der Waals surface area contributed by atoms with Crippen LogP contribution >= 0.6 is 8.60 Å². The highest BCUT2D eigenvalue weighted by molar-refractivity contribution is 7.40. The lowest BCUT2D eigenvalue weighted by Crippen LogP contribution is -2.08. The Labute approximate surface area is 117 Å². The van der Waals surface area contributed by atoms with Crippen molar-refractivity contribution in [2.45, 2.75) is 26.2 Å². The van der Waals surface area contributed by atoms with Crippen LogP contribution in [0.3, 0.4) is 0 Å². The maximum atomic E-state index is 9.64. The summed E-state index contributed by atoms with van der Waals surface area (Å²) in [5, 5.41) is 0. The third kappa shape index (κ3) is 8.12. The van der Waals surface area contributed by atoms with E-state index in [9.17, 15) is 4.89 Å². The molecule has 0 aromatic carbocycles. The predicted octanol–water partition coefficient (Wildman–Crippen LogP) is 4.28. The van der Waals surface area contributed by atoms with Crippen molar-refractivity contribution in [3.05, 3.63) is 48.6 Å². The van der Waals surface area contributed by atoms with E-state index in [-0.39, 0.29) is 0 Å². The minimum atomic E-state index is -1.78. The van der Waals surface area contributed by atoms with Crippen molar-refractivity contribution in [2.24, 2.45) is 5.92 Å². The normalized spacial score (nSPS) is 21.8. The van der Waals surface area contributed by atoms with Gasteiger partial charge in [0, 0.05) is 5.92 Å². The van der Waals surface area contributed by atoms with Gasteiger partial charge >= 0.3 is 8.60 Å². The van der Waals surface area contributed by atoms with E-state index in [2.05, 4.69) is 18.7 Å². The molecule has 0 radical (unpaired) electrons. The molecular weight excluding hydrogens is 259 g/mol. The van der Waals surface area contributed by atoms with Crippen LogP contribution < -0.4 is 0 Å². The van der Waals surface area contributed by atoms with Crippen molar-refractivity contribution in [3.8, 4) is 0 Å². The molecule has 0 aliphatic heterocycles. The summed E-state index contributed by atoms with van der Waals surface area (Å²) in [5.74, 6) is 0.418. The molecule has 4 heteroatoms. The zero-order chi connectivity index (χ0) is 13.9. The fourth-order valence-electron chi connectivity index (χ4n) is 1.72. The molecular formula is C15H23O3P. The van der Waals surface area contributed by atoms with Crippen LogP contribution in [0.2, 0.25) is 0 Å². The van der Waals surface area contributed by atoms with Gasteiger partial charge in [-0.05, 0) is 31.8 Å². The molecule has 106 valence electrons. The largest absolute Gasteiger partial charge is 0.330 e. The first-order chi connectivity index (χ1) is 9.22. The first-order valence-corrected chi connectivity index (χ1v) is 7.71. The molecule has 0 aromatic rings. The maximum absolute atomic E-state index is 9.64. The summed E-state index contributed by atoms with van der Waals surface area (Å²) in [7, 11) is -1.78. The second-order valence-corrected chi connectivity index (χ2v) is 5.55. The van der Waals surface area contributed by atoms with Crippen molar-refractivity contribution in [3.63, 3.8) is 0 Å². The maximum Gasteiger partial charge on any atom is 0.330 e. The average Bonchev–Trinajstić information content (AvgIpc) is 2.44. The van der Waals surface area contributed by atoms with Gasteiger partial charge in [0.15, 0.2) is 0 Å². The lowest BCUT2D eigenvalue weighted by atomic mass is 9.97. The van der Waals surface area contributed by atoms with E-state index in [1.54, 1.807) is 6.08 Å². The Hall–Kier alpha value is -0.730. The SMILES string of the molecule is C=C/C=C\C=C(/C)COP(O)OCC1C=CCCC1. The van der Waals surface area contributed by atoms with Crippen molar-refractivity contribution < 1.29 is 13.9 Å². The molecule has 0 spiro atoms. The van der Waals surface area contributed by atoms with Crippen molar-refractivity contribution in [2.75, 3.05) is 13.2 Å². The van der Waals surface area contributed by atoms with Crippen LogP contribution in [0, 0.1) is 5.92 Å². The smallest absolute Gasteiger partial charge is 0.328 e. The van der Waals surface area contributed by atoms with Crippen LogP contribution in [0.15, 0.2) is 48.6 Å². The van der Waals surface area contributed by atoms with Crippen LogP contribution in [-0.4, -0.2) is 18.1 Å². The Balaban J connectivity index is 2.16. The fraction of sp³-hybridized carbons (Fsp3) is 0.467. The molecule has 0 saturated carbocycles. The monoisotopic (exact) mass is 282 g/mol. The Bertz CT molecular complexity index is 347. The number of hydrogen-bond donors (Lipinski definition) is 1. The van der Waals surface area contributed by atoms with Crippen LogP contribution in [0.25, 0.3) is 0 Å². The van der Waals surface area contributed by atoms with E-state index in [0.29, 0.717) is 19.1 Å². The van der Waals surface area contributed by atoms with Crippen LogP contribution in [0.1, 0.15) is 26.2 Å². The lowest BCUT2D eigenvalue weighted by Gasteiger charge is -2.18. The van der Waals surface area contributed by atoms with Gasteiger partial charge in [-0.15, -0.1) is 0 Å². The topological polar surface area (TPSA) is 38.7 Å². The van der Waals surface area contributed by atoms with Gasteiger partial charge in [0.25, 0.3) is 0 Å². The fourth-order valence-corrected chi connectivity index (χ4v) is 2.43. The highest BCUT2D eigenvalue weighted by Gasteiger charge is 2.13. The van der Waals surface area contributed by atoms with Crippen molar-refractivity contribution >= 4 is 8.60 Å². The molecule has 1 aliphatic rings. The molecule has 3 nitrogen and oxygen atoms in total. The summed E-state index contributed by atoms with van der Waals surface area (Å²) >= 11 is 0. The highest BCUT2D eigenvalue weighted by atomic mass is 31.2. The molecule has 1 aliphatic carbocycles. The summed E-state index contributed by atoms with van der Waals surface area (Å²) in [5.41, 5.74) is 1.03. The molecule has 0 fully saturated rings. The van der Waals surface area contributed by atoms with Gasteiger partial charge in [-0.3, -0.25) is 0 Å². The third-order valence-electron chi connectivity index (χ3n) is 2.78. The van der Waals surface area contributed by atoms with Gasteiger partial charge in [-0.2, -0.15) is 0 Å². The minimum absolute atomic E-state index is 0.379. The van der Waals surface area contributed by atoms with Gasteiger partial charge < -0.3 is 13.9 Å². The Kier molecular flexibility index (Phi) is 8.68. The van der Waals surface area contributed by atoms with Gasteiger partial charge in [0.05, 0.1) is 13.2 Å². The van der Waals surface area contributed by atoms with E-state index in [0.717, 1.165) is 18.4 Å². The van der Waals surface area contributed by atoms with Gasteiger partial charge in [0.1, 0.15) is 0 Å². The molecule has 2 atom stereocenters. The Morgan fingerprint density at radius 1 is 1.47 bits per heavy atom. The molecule has 19 heavy (non-hydrogen) atoms. The average molecular weight is 282 g/mol. The van der Waals surface area contributed by atoms with Crippen molar-refractivity contribution in [1.82, 2.24) is 0 Å². The standard InChI is InChI=1S/C15H23O3P/c1-3-4-6-9-14(2)12-17-19(16)18-13-15-10-7-5-8-11-15/h3-4,6-7,9-10,15-16H,1,5,8,11-13H2,2H3/b6-4-,14-9+. The van der Waals surface area contributed by atoms with E-state index in [4.69, 9.17) is 9.05 Å². The van der Waals surface area contributed by atoms with Crippen LogP contribution in [0.5, 0.6) is 0 Å². The van der Waals surface area contributed by atoms with E-state index in [1.807, 2.05) is 25.2 Å². The molecule has 0 aromatic heterocycles. The van der Waals surface area contributed by atoms with Gasteiger partial charge in [0.2, 0.25) is 0 Å². The first kappa shape index (κ1) is 16.3. The molecule has 0 bridgehead atoms. The quantitative estimate of drug-likeness (QED) is 0.410. The first-order valence-electron chi connectivity index (χ1n) is 6.58. The predicted molar refractivity (Wildman–Crippen MR) is 80.6 cm³/mol. The van der Waals surface area contributed by atoms with E-state index >= 15 is 0 Å². The van der Waals surface area contributed by atoms with Crippen LogP contribution in [0.4, 0.5) is 0 Å². The number of allylic oxidation sites excluding steroid dienone is 5. The van der Waals surface area contributed by atoms with Gasteiger partial charge in [-0.25, -0.2) is 0 Å². The molecule has 0 heterocycles. The van der Waals surface area contributed by atoms with Crippen molar-refractivity contribution in [1.29, 1.82) is 0 Å². The summed E-state index contributed by atoms with van der Waals surface area (Å²) in [4.78, 5) is 9.64. The molecule has 0 amide bonds.